The Morgan fingerprint density at radius 1 is 1.45 bits per heavy atom. The van der Waals surface area contributed by atoms with Gasteiger partial charge in [0.05, 0.1) is 4.92 Å². The van der Waals surface area contributed by atoms with Crippen molar-refractivity contribution in [2.45, 2.75) is 19.4 Å². The summed E-state index contributed by atoms with van der Waals surface area (Å²) in [4.78, 5) is 20.3. The van der Waals surface area contributed by atoms with Crippen molar-refractivity contribution in [3.8, 4) is 0 Å². The molecule has 0 spiro atoms. The van der Waals surface area contributed by atoms with Gasteiger partial charge < -0.3 is 10.6 Å². The number of para-hydroxylation sites is 1. The summed E-state index contributed by atoms with van der Waals surface area (Å²) >= 11 is 0. The second-order valence-corrected chi connectivity index (χ2v) is 4.75. The first-order chi connectivity index (χ1) is 9.58. The van der Waals surface area contributed by atoms with Gasteiger partial charge in [0.15, 0.2) is 0 Å². The number of nitrogen functional groups attached to an aromatic ring is 1. The Kier molecular flexibility index (Phi) is 2.74. The van der Waals surface area contributed by atoms with Gasteiger partial charge in [0.2, 0.25) is 11.8 Å². The first-order valence-electron chi connectivity index (χ1n) is 6.22. The number of nitrogens with zero attached hydrogens (tertiary/aromatic N) is 4. The SMILES string of the molecule is C[C@H]1Cc2ccccc2N1c1ncc([N+](=O)[O-])c(N)n1. The van der Waals surface area contributed by atoms with Crippen LogP contribution >= 0.6 is 0 Å². The molecule has 2 heterocycles. The predicted octanol–water partition coefficient (Wildman–Crippen LogP) is 2.05. The molecule has 2 N–H and O–H groups in total. The number of nitro groups is 1. The minimum absolute atomic E-state index is 0.114. The zero-order valence-corrected chi connectivity index (χ0v) is 10.9. The standard InChI is InChI=1S/C13H13N5O2/c1-8-6-9-4-2-3-5-10(9)17(8)13-15-7-11(18(19)20)12(14)16-13/h2-5,7-8H,6H2,1H3,(H2,14,15,16)/t8-/m0/s1. The molecule has 0 unspecified atom stereocenters. The van der Waals surface area contributed by atoms with E-state index in [4.69, 9.17) is 5.73 Å². The maximum absolute atomic E-state index is 10.7. The number of aromatic nitrogens is 2. The summed E-state index contributed by atoms with van der Waals surface area (Å²) in [6, 6.07) is 8.16. The van der Waals surface area contributed by atoms with Crippen LogP contribution in [0, 0.1) is 10.1 Å². The van der Waals surface area contributed by atoms with E-state index in [0.717, 1.165) is 18.3 Å². The smallest absolute Gasteiger partial charge is 0.329 e. The van der Waals surface area contributed by atoms with E-state index in [1.54, 1.807) is 0 Å². The molecule has 1 aromatic carbocycles. The summed E-state index contributed by atoms with van der Waals surface area (Å²) in [5.74, 6) is 0.280. The highest BCUT2D eigenvalue weighted by molar-refractivity contribution is 5.68. The van der Waals surface area contributed by atoms with Crippen molar-refractivity contribution in [2.75, 3.05) is 10.6 Å². The van der Waals surface area contributed by atoms with Gasteiger partial charge in [0.25, 0.3) is 0 Å². The molecule has 102 valence electrons. The summed E-state index contributed by atoms with van der Waals surface area (Å²) in [5, 5.41) is 10.7. The Morgan fingerprint density at radius 2 is 2.20 bits per heavy atom. The average molecular weight is 271 g/mol. The molecule has 3 rings (SSSR count). The van der Waals surface area contributed by atoms with Crippen molar-refractivity contribution in [1.82, 2.24) is 9.97 Å². The topological polar surface area (TPSA) is 98.2 Å². The third-order valence-corrected chi connectivity index (χ3v) is 3.40. The van der Waals surface area contributed by atoms with Gasteiger partial charge in [0, 0.05) is 11.7 Å². The molecule has 0 radical (unpaired) electrons. The number of anilines is 3. The predicted molar refractivity (Wildman–Crippen MR) is 74.8 cm³/mol. The molecule has 1 aliphatic heterocycles. The highest BCUT2D eigenvalue weighted by Crippen LogP contribution is 2.37. The van der Waals surface area contributed by atoms with Crippen LogP contribution in [0.15, 0.2) is 30.5 Å². The summed E-state index contributed by atoms with van der Waals surface area (Å²) in [5.41, 5.74) is 7.60. The first kappa shape index (κ1) is 12.3. The Balaban J connectivity index is 2.06. The molecule has 0 amide bonds. The van der Waals surface area contributed by atoms with Gasteiger partial charge in [-0.25, -0.2) is 4.98 Å². The number of fused-ring (bicyclic) bond motifs is 1. The molecule has 7 nitrogen and oxygen atoms in total. The van der Waals surface area contributed by atoms with Gasteiger partial charge in [0.1, 0.15) is 6.20 Å². The van der Waals surface area contributed by atoms with Crippen LogP contribution in [0.2, 0.25) is 0 Å². The van der Waals surface area contributed by atoms with Crippen LogP contribution in [0.4, 0.5) is 23.1 Å². The van der Waals surface area contributed by atoms with Crippen LogP contribution in [0.1, 0.15) is 12.5 Å². The van der Waals surface area contributed by atoms with E-state index >= 15 is 0 Å². The monoisotopic (exact) mass is 271 g/mol. The van der Waals surface area contributed by atoms with Crippen molar-refractivity contribution in [1.29, 1.82) is 0 Å². The molecule has 1 atom stereocenters. The molecule has 1 aliphatic rings. The Labute approximate surface area is 115 Å². The second-order valence-electron chi connectivity index (χ2n) is 4.75. The lowest BCUT2D eigenvalue weighted by Crippen LogP contribution is -2.26. The highest BCUT2D eigenvalue weighted by atomic mass is 16.6. The van der Waals surface area contributed by atoms with Crippen molar-refractivity contribution in [3.63, 3.8) is 0 Å². The van der Waals surface area contributed by atoms with Gasteiger partial charge in [-0.3, -0.25) is 10.1 Å². The zero-order chi connectivity index (χ0) is 14.3. The molecule has 0 bridgehead atoms. The lowest BCUT2D eigenvalue weighted by Gasteiger charge is -2.22. The quantitative estimate of drug-likeness (QED) is 0.663. The maximum atomic E-state index is 10.7. The minimum Gasteiger partial charge on any atom is -0.378 e. The third-order valence-electron chi connectivity index (χ3n) is 3.40. The van der Waals surface area contributed by atoms with Crippen LogP contribution in [0.3, 0.4) is 0 Å². The fourth-order valence-corrected chi connectivity index (χ4v) is 2.51. The van der Waals surface area contributed by atoms with Crippen LogP contribution in [0.5, 0.6) is 0 Å². The highest BCUT2D eigenvalue weighted by Gasteiger charge is 2.29. The number of hydrogen-bond acceptors (Lipinski definition) is 6. The van der Waals surface area contributed by atoms with Crippen LogP contribution in [-0.4, -0.2) is 20.9 Å². The van der Waals surface area contributed by atoms with Crippen molar-refractivity contribution >= 4 is 23.1 Å². The number of benzene rings is 1. The number of nitrogens with two attached hydrogens (primary N) is 1. The number of rotatable bonds is 2. The van der Waals surface area contributed by atoms with E-state index in [9.17, 15) is 10.1 Å². The van der Waals surface area contributed by atoms with Crippen molar-refractivity contribution in [3.05, 3.63) is 46.1 Å². The molecule has 0 fully saturated rings. The molecular formula is C13H13N5O2. The first-order valence-corrected chi connectivity index (χ1v) is 6.22. The van der Waals surface area contributed by atoms with E-state index < -0.39 is 4.92 Å². The Bertz CT molecular complexity index is 688. The van der Waals surface area contributed by atoms with Crippen LogP contribution in [-0.2, 0) is 6.42 Å². The normalized spacial score (nSPS) is 17.1. The summed E-state index contributed by atoms with van der Waals surface area (Å²) in [7, 11) is 0. The molecule has 20 heavy (non-hydrogen) atoms. The van der Waals surface area contributed by atoms with Gasteiger partial charge in [-0.05, 0) is 25.0 Å². The van der Waals surface area contributed by atoms with E-state index in [1.807, 2.05) is 23.1 Å². The average Bonchev–Trinajstić information content (AvgIpc) is 2.73. The molecule has 1 aromatic heterocycles. The zero-order valence-electron chi connectivity index (χ0n) is 10.9. The van der Waals surface area contributed by atoms with Gasteiger partial charge >= 0.3 is 5.69 Å². The fraction of sp³-hybridized carbons (Fsp3) is 0.231. The molecule has 7 heteroatoms. The van der Waals surface area contributed by atoms with Gasteiger partial charge in [-0.1, -0.05) is 18.2 Å². The van der Waals surface area contributed by atoms with Crippen molar-refractivity contribution in [2.24, 2.45) is 0 Å². The molecule has 2 aromatic rings. The van der Waals surface area contributed by atoms with Gasteiger partial charge in [-0.2, -0.15) is 4.98 Å². The lowest BCUT2D eigenvalue weighted by atomic mass is 10.1. The molecule has 0 saturated heterocycles. The second kappa shape index (κ2) is 4.44. The Morgan fingerprint density at radius 3 is 2.90 bits per heavy atom. The van der Waals surface area contributed by atoms with Crippen LogP contribution < -0.4 is 10.6 Å². The maximum Gasteiger partial charge on any atom is 0.329 e. The van der Waals surface area contributed by atoms with Crippen molar-refractivity contribution < 1.29 is 4.92 Å². The van der Waals surface area contributed by atoms with E-state index in [1.165, 1.54) is 5.56 Å². The Hall–Kier alpha value is -2.70. The molecule has 0 aliphatic carbocycles. The van der Waals surface area contributed by atoms with Crippen LogP contribution in [0.25, 0.3) is 0 Å². The summed E-state index contributed by atoms with van der Waals surface area (Å²) in [6.45, 7) is 2.06. The minimum atomic E-state index is -0.583. The fourth-order valence-electron chi connectivity index (χ4n) is 2.51. The largest absolute Gasteiger partial charge is 0.378 e. The van der Waals surface area contributed by atoms with Gasteiger partial charge in [-0.15, -0.1) is 0 Å². The summed E-state index contributed by atoms with van der Waals surface area (Å²) < 4.78 is 0. The lowest BCUT2D eigenvalue weighted by molar-refractivity contribution is -0.384. The summed E-state index contributed by atoms with van der Waals surface area (Å²) in [6.07, 6.45) is 2.04. The molecule has 0 saturated carbocycles. The van der Waals surface area contributed by atoms with E-state index in [2.05, 4.69) is 23.0 Å². The molecular weight excluding hydrogens is 258 g/mol. The number of hydrogen-bond donors (Lipinski definition) is 1. The van der Waals surface area contributed by atoms with E-state index in [0.29, 0.717) is 5.95 Å². The third kappa shape index (κ3) is 1.83. The van der Waals surface area contributed by atoms with E-state index in [-0.39, 0.29) is 17.5 Å².